The van der Waals surface area contributed by atoms with Gasteiger partial charge in [-0.3, -0.25) is 0 Å². The molecule has 1 aromatic carbocycles. The normalized spacial score (nSPS) is 10.8. The molecule has 2 aromatic rings. The SMILES string of the molecule is COCCNCc1cccc(Cl)c1OCc1ccc(Cl)s1. The topological polar surface area (TPSA) is 30.5 Å². The van der Waals surface area contributed by atoms with Gasteiger partial charge >= 0.3 is 0 Å². The highest BCUT2D eigenvalue weighted by molar-refractivity contribution is 7.16. The third kappa shape index (κ3) is 5.16. The van der Waals surface area contributed by atoms with Crippen LogP contribution in [-0.4, -0.2) is 20.3 Å². The number of hydrogen-bond acceptors (Lipinski definition) is 4. The van der Waals surface area contributed by atoms with Crippen molar-refractivity contribution in [2.24, 2.45) is 0 Å². The van der Waals surface area contributed by atoms with Crippen molar-refractivity contribution in [1.29, 1.82) is 0 Å². The minimum Gasteiger partial charge on any atom is -0.486 e. The standard InChI is InChI=1S/C15H17Cl2NO2S/c1-19-8-7-18-9-11-3-2-4-13(16)15(11)20-10-12-5-6-14(17)21-12/h2-6,18H,7-10H2,1H3. The first kappa shape index (κ1) is 16.6. The molecule has 0 saturated carbocycles. The second-order valence-electron chi connectivity index (χ2n) is 4.39. The van der Waals surface area contributed by atoms with E-state index < -0.39 is 0 Å². The Morgan fingerprint density at radius 1 is 1.19 bits per heavy atom. The quantitative estimate of drug-likeness (QED) is 0.720. The van der Waals surface area contributed by atoms with Crippen LogP contribution in [0.1, 0.15) is 10.4 Å². The zero-order valence-electron chi connectivity index (χ0n) is 11.7. The van der Waals surface area contributed by atoms with Crippen molar-refractivity contribution in [3.63, 3.8) is 0 Å². The summed E-state index contributed by atoms with van der Waals surface area (Å²) >= 11 is 13.7. The van der Waals surface area contributed by atoms with Gasteiger partial charge in [0, 0.05) is 30.6 Å². The van der Waals surface area contributed by atoms with E-state index >= 15 is 0 Å². The molecule has 0 bridgehead atoms. The molecular weight excluding hydrogens is 329 g/mol. The molecule has 0 radical (unpaired) electrons. The number of methoxy groups -OCH3 is 1. The zero-order chi connectivity index (χ0) is 15.1. The molecule has 0 saturated heterocycles. The van der Waals surface area contributed by atoms with E-state index in [0.29, 0.717) is 30.5 Å². The molecule has 1 aromatic heterocycles. The average molecular weight is 346 g/mol. The van der Waals surface area contributed by atoms with Crippen molar-refractivity contribution < 1.29 is 9.47 Å². The second kappa shape index (κ2) is 8.61. The van der Waals surface area contributed by atoms with Gasteiger partial charge in [-0.2, -0.15) is 0 Å². The van der Waals surface area contributed by atoms with E-state index in [0.717, 1.165) is 21.3 Å². The molecule has 0 aliphatic heterocycles. The molecule has 2 rings (SSSR count). The van der Waals surface area contributed by atoms with Gasteiger partial charge in [-0.15, -0.1) is 11.3 Å². The lowest BCUT2D eigenvalue weighted by molar-refractivity contribution is 0.199. The summed E-state index contributed by atoms with van der Waals surface area (Å²) in [6.45, 7) is 2.60. The van der Waals surface area contributed by atoms with Crippen molar-refractivity contribution in [2.45, 2.75) is 13.2 Å². The van der Waals surface area contributed by atoms with E-state index in [-0.39, 0.29) is 0 Å². The Labute approximate surface area is 138 Å². The maximum absolute atomic E-state index is 6.24. The van der Waals surface area contributed by atoms with Gasteiger partial charge in [0.05, 0.1) is 16.0 Å². The molecule has 0 amide bonds. The van der Waals surface area contributed by atoms with Crippen molar-refractivity contribution in [2.75, 3.05) is 20.3 Å². The molecule has 0 fully saturated rings. The van der Waals surface area contributed by atoms with E-state index in [1.165, 1.54) is 11.3 Å². The number of nitrogens with one attached hydrogen (secondary N) is 1. The van der Waals surface area contributed by atoms with Crippen LogP contribution in [-0.2, 0) is 17.9 Å². The van der Waals surface area contributed by atoms with Gasteiger partial charge in [0.15, 0.2) is 0 Å². The number of ether oxygens (including phenoxy) is 2. The number of thiophene rings is 1. The Morgan fingerprint density at radius 2 is 2.05 bits per heavy atom. The van der Waals surface area contributed by atoms with E-state index in [9.17, 15) is 0 Å². The fourth-order valence-corrected chi connectivity index (χ4v) is 3.07. The summed E-state index contributed by atoms with van der Waals surface area (Å²) in [5.74, 6) is 0.716. The minimum atomic E-state index is 0.464. The summed E-state index contributed by atoms with van der Waals surface area (Å²) < 4.78 is 11.6. The molecule has 0 aliphatic carbocycles. The van der Waals surface area contributed by atoms with Gasteiger partial charge < -0.3 is 14.8 Å². The van der Waals surface area contributed by atoms with Gasteiger partial charge in [0.2, 0.25) is 0 Å². The molecule has 0 atom stereocenters. The monoisotopic (exact) mass is 345 g/mol. The van der Waals surface area contributed by atoms with Crippen molar-refractivity contribution in [1.82, 2.24) is 5.32 Å². The van der Waals surface area contributed by atoms with Crippen LogP contribution in [0.5, 0.6) is 5.75 Å². The van der Waals surface area contributed by atoms with E-state index in [1.807, 2.05) is 30.3 Å². The molecule has 3 nitrogen and oxygen atoms in total. The second-order valence-corrected chi connectivity index (χ2v) is 6.60. The summed E-state index contributed by atoms with van der Waals surface area (Å²) in [6.07, 6.45) is 0. The number of rotatable bonds is 8. The van der Waals surface area contributed by atoms with Gasteiger partial charge in [-0.05, 0) is 18.2 Å². The maximum Gasteiger partial charge on any atom is 0.142 e. The number of benzene rings is 1. The van der Waals surface area contributed by atoms with Crippen LogP contribution >= 0.6 is 34.5 Å². The molecule has 0 unspecified atom stereocenters. The van der Waals surface area contributed by atoms with Gasteiger partial charge in [0.1, 0.15) is 12.4 Å². The summed E-state index contributed by atoms with van der Waals surface area (Å²) in [6, 6.07) is 9.58. The van der Waals surface area contributed by atoms with Crippen molar-refractivity contribution in [3.8, 4) is 5.75 Å². The van der Waals surface area contributed by atoms with Crippen LogP contribution in [0.4, 0.5) is 0 Å². The Kier molecular flexibility index (Phi) is 6.80. The molecule has 0 spiro atoms. The zero-order valence-corrected chi connectivity index (χ0v) is 14.0. The van der Waals surface area contributed by atoms with Gasteiger partial charge in [0.25, 0.3) is 0 Å². The Balaban J connectivity index is 1.99. The third-order valence-corrected chi connectivity index (χ3v) is 4.34. The first-order valence-electron chi connectivity index (χ1n) is 6.54. The van der Waals surface area contributed by atoms with Crippen LogP contribution in [0.15, 0.2) is 30.3 Å². The fraction of sp³-hybridized carbons (Fsp3) is 0.333. The van der Waals surface area contributed by atoms with Crippen molar-refractivity contribution >= 4 is 34.5 Å². The molecule has 1 N–H and O–H groups in total. The van der Waals surface area contributed by atoms with E-state index in [4.69, 9.17) is 32.7 Å². The summed E-state index contributed by atoms with van der Waals surface area (Å²) in [7, 11) is 1.68. The summed E-state index contributed by atoms with van der Waals surface area (Å²) in [5, 5.41) is 3.90. The van der Waals surface area contributed by atoms with Crippen LogP contribution in [0.3, 0.4) is 0 Å². The largest absolute Gasteiger partial charge is 0.486 e. The highest BCUT2D eigenvalue weighted by atomic mass is 35.5. The molecular formula is C15H17Cl2NO2S. The predicted molar refractivity (Wildman–Crippen MR) is 88.7 cm³/mol. The number of para-hydroxylation sites is 1. The van der Waals surface area contributed by atoms with E-state index in [2.05, 4.69) is 5.32 Å². The highest BCUT2D eigenvalue weighted by Crippen LogP contribution is 2.30. The Bertz CT molecular complexity index is 575. The first-order valence-corrected chi connectivity index (χ1v) is 8.12. The maximum atomic E-state index is 6.24. The van der Waals surface area contributed by atoms with Crippen LogP contribution in [0.25, 0.3) is 0 Å². The number of hydrogen-bond donors (Lipinski definition) is 1. The molecule has 0 aliphatic rings. The average Bonchev–Trinajstić information content (AvgIpc) is 2.88. The molecule has 1 heterocycles. The van der Waals surface area contributed by atoms with Crippen molar-refractivity contribution in [3.05, 3.63) is 50.1 Å². The highest BCUT2D eigenvalue weighted by Gasteiger charge is 2.09. The lowest BCUT2D eigenvalue weighted by Gasteiger charge is -2.13. The lowest BCUT2D eigenvalue weighted by Crippen LogP contribution is -2.19. The smallest absolute Gasteiger partial charge is 0.142 e. The summed E-state index contributed by atoms with van der Waals surface area (Å²) in [4.78, 5) is 1.07. The Morgan fingerprint density at radius 3 is 2.76 bits per heavy atom. The first-order chi connectivity index (χ1) is 10.2. The van der Waals surface area contributed by atoms with Crippen LogP contribution in [0.2, 0.25) is 9.36 Å². The third-order valence-electron chi connectivity index (χ3n) is 2.83. The minimum absolute atomic E-state index is 0.464. The molecule has 21 heavy (non-hydrogen) atoms. The van der Waals surface area contributed by atoms with Crippen LogP contribution in [0, 0.1) is 0 Å². The van der Waals surface area contributed by atoms with Gasteiger partial charge in [-0.1, -0.05) is 35.3 Å². The van der Waals surface area contributed by atoms with Crippen LogP contribution < -0.4 is 10.1 Å². The fourth-order valence-electron chi connectivity index (χ4n) is 1.82. The van der Waals surface area contributed by atoms with Gasteiger partial charge in [-0.25, -0.2) is 0 Å². The molecule has 6 heteroatoms. The lowest BCUT2D eigenvalue weighted by atomic mass is 10.2. The summed E-state index contributed by atoms with van der Waals surface area (Å²) in [5.41, 5.74) is 1.03. The predicted octanol–water partition coefficient (Wildman–Crippen LogP) is 4.37. The number of halogens is 2. The van der Waals surface area contributed by atoms with E-state index in [1.54, 1.807) is 7.11 Å². The molecule has 114 valence electrons. The Hall–Kier alpha value is -0.780.